The Morgan fingerprint density at radius 1 is 0.684 bits per heavy atom. The Balaban J connectivity index is 3.01. The van der Waals surface area contributed by atoms with Gasteiger partial charge in [0.15, 0.2) is 0 Å². The number of carbonyl (C=O) groups is 6. The molecule has 6 atom stereocenters. The highest BCUT2D eigenvalue weighted by Crippen LogP contribution is 2.31. The Hall–Kier alpha value is -2.98. The van der Waals surface area contributed by atoms with Crippen LogP contribution in [0.4, 0.5) is 0 Å². The second-order valence-electron chi connectivity index (χ2n) is 10.6. The largest absolute Gasteiger partial charge is 0.481 e. The van der Waals surface area contributed by atoms with E-state index in [0.717, 1.165) is 19.3 Å². The maximum Gasteiger partial charge on any atom is 0.307 e. The fourth-order valence-electron chi connectivity index (χ4n) is 5.16. The lowest BCUT2D eigenvalue weighted by molar-refractivity contribution is -0.154. The zero-order valence-electron chi connectivity index (χ0n) is 22.6. The highest BCUT2D eigenvalue weighted by atomic mass is 16.4. The second-order valence-corrected chi connectivity index (χ2v) is 10.6. The van der Waals surface area contributed by atoms with Gasteiger partial charge < -0.3 is 25.7 Å². The minimum absolute atomic E-state index is 0.0213. The van der Waals surface area contributed by atoms with Gasteiger partial charge in [-0.15, -0.1) is 0 Å². The lowest BCUT2D eigenvalue weighted by atomic mass is 9.79. The second kappa shape index (κ2) is 16.1. The third kappa shape index (κ3) is 10.1. The third-order valence-electron chi connectivity index (χ3n) is 7.93. The number of hydrogen-bond acceptors (Lipinski definition) is 6. The Morgan fingerprint density at radius 3 is 1.45 bits per heavy atom. The minimum atomic E-state index is -1.25. The number of nitrogens with one attached hydrogen (secondary N) is 1. The molecule has 0 saturated heterocycles. The molecule has 0 heterocycles. The maximum atomic E-state index is 13.1. The number of hydrogen-bond donors (Lipinski definition) is 5. The van der Waals surface area contributed by atoms with E-state index in [1.165, 1.54) is 13.8 Å². The third-order valence-corrected chi connectivity index (χ3v) is 7.93. The van der Waals surface area contributed by atoms with Gasteiger partial charge in [0.05, 0.1) is 29.6 Å². The molecule has 0 aromatic carbocycles. The predicted molar refractivity (Wildman–Crippen MR) is 136 cm³/mol. The van der Waals surface area contributed by atoms with Gasteiger partial charge in [-0.2, -0.15) is 0 Å². The number of carboxylic acids is 4. The van der Waals surface area contributed by atoms with Crippen LogP contribution in [0, 0.1) is 35.5 Å². The molecule has 6 unspecified atom stereocenters. The number of aliphatic carboxylic acids is 4. The van der Waals surface area contributed by atoms with Crippen molar-refractivity contribution in [2.75, 3.05) is 0 Å². The van der Waals surface area contributed by atoms with Crippen molar-refractivity contribution in [3.05, 3.63) is 0 Å². The number of ketones is 1. The van der Waals surface area contributed by atoms with E-state index in [4.69, 9.17) is 0 Å². The molecule has 1 amide bonds. The summed E-state index contributed by atoms with van der Waals surface area (Å²) in [5, 5.41) is 41.5. The van der Waals surface area contributed by atoms with E-state index >= 15 is 0 Å². The summed E-state index contributed by atoms with van der Waals surface area (Å²) in [7, 11) is 0. The van der Waals surface area contributed by atoms with Crippen molar-refractivity contribution in [1.82, 2.24) is 5.32 Å². The van der Waals surface area contributed by atoms with Crippen LogP contribution in [0.25, 0.3) is 0 Å². The molecule has 0 radical (unpaired) electrons. The average Bonchev–Trinajstić information content (AvgIpc) is 2.79. The molecule has 11 heteroatoms. The van der Waals surface area contributed by atoms with Crippen LogP contribution < -0.4 is 5.32 Å². The molecule has 0 aromatic rings. The Kier molecular flexibility index (Phi) is 14.0. The summed E-state index contributed by atoms with van der Waals surface area (Å²) in [4.78, 5) is 72.2. The van der Waals surface area contributed by atoms with Gasteiger partial charge in [-0.1, -0.05) is 33.1 Å². The van der Waals surface area contributed by atoms with Gasteiger partial charge in [0.25, 0.3) is 0 Å². The van der Waals surface area contributed by atoms with Crippen LogP contribution in [0.3, 0.4) is 0 Å². The van der Waals surface area contributed by atoms with E-state index in [2.05, 4.69) is 5.32 Å². The zero-order valence-corrected chi connectivity index (χ0v) is 22.6. The van der Waals surface area contributed by atoms with Crippen LogP contribution in [0.15, 0.2) is 0 Å². The highest BCUT2D eigenvalue weighted by molar-refractivity contribution is 5.85. The summed E-state index contributed by atoms with van der Waals surface area (Å²) < 4.78 is 0. The fraction of sp³-hybridized carbons (Fsp3) is 0.778. The summed E-state index contributed by atoms with van der Waals surface area (Å²) in [6, 6.07) is -0.0364. The SMILES string of the molecule is CCCC(C(=O)O)C(CCCC(C(=O)O)C(CCCC(C(=O)O)C(C)C(C)=O)C(=O)NC1CCC1)C(=O)O. The van der Waals surface area contributed by atoms with Gasteiger partial charge >= 0.3 is 23.9 Å². The fourth-order valence-corrected chi connectivity index (χ4v) is 5.16. The first-order valence-corrected chi connectivity index (χ1v) is 13.5. The van der Waals surface area contributed by atoms with E-state index in [1.807, 2.05) is 0 Å². The number of carbonyl (C=O) groups excluding carboxylic acids is 2. The van der Waals surface area contributed by atoms with E-state index in [9.17, 15) is 49.2 Å². The zero-order chi connectivity index (χ0) is 29.0. The van der Waals surface area contributed by atoms with Crippen LogP contribution >= 0.6 is 0 Å². The van der Waals surface area contributed by atoms with Gasteiger partial charge in [-0.05, 0) is 58.3 Å². The molecule has 216 valence electrons. The minimum Gasteiger partial charge on any atom is -0.481 e. The first-order chi connectivity index (χ1) is 17.8. The van der Waals surface area contributed by atoms with E-state index in [1.54, 1.807) is 6.92 Å². The number of carboxylic acid groups (broad SMARTS) is 4. The smallest absolute Gasteiger partial charge is 0.307 e. The van der Waals surface area contributed by atoms with Crippen LogP contribution in [0.5, 0.6) is 0 Å². The molecule has 38 heavy (non-hydrogen) atoms. The summed E-state index contributed by atoms with van der Waals surface area (Å²) in [6.07, 6.45) is 3.69. The standard InChI is InChI=1S/C27H43NO10/c1-4-8-20(25(33)34)22(27(37)38)14-7-13-21(26(35)36)19(23(30)28-17-9-5-10-17)12-6-11-18(24(31)32)15(2)16(3)29/h15,17-22H,4-14H2,1-3H3,(H,28,30)(H,31,32)(H,33,34)(H,35,36)(H,37,38). The molecule has 0 bridgehead atoms. The summed E-state index contributed by atoms with van der Waals surface area (Å²) >= 11 is 0. The summed E-state index contributed by atoms with van der Waals surface area (Å²) in [5.41, 5.74) is 0. The normalized spacial score (nSPS) is 18.2. The lowest BCUT2D eigenvalue weighted by Crippen LogP contribution is -2.45. The summed E-state index contributed by atoms with van der Waals surface area (Å²) in [5.74, 6) is -11.6. The molecule has 0 aliphatic heterocycles. The predicted octanol–water partition coefficient (Wildman–Crippen LogP) is 3.44. The molecular formula is C27H43NO10. The first-order valence-electron chi connectivity index (χ1n) is 13.5. The highest BCUT2D eigenvalue weighted by Gasteiger charge is 2.37. The van der Waals surface area contributed by atoms with E-state index in [0.29, 0.717) is 6.42 Å². The van der Waals surface area contributed by atoms with Crippen molar-refractivity contribution in [3.63, 3.8) is 0 Å². The molecule has 5 N–H and O–H groups in total. The van der Waals surface area contributed by atoms with E-state index < -0.39 is 65.3 Å². The molecule has 0 aromatic heterocycles. The Morgan fingerprint density at radius 2 is 1.08 bits per heavy atom. The molecule has 1 fully saturated rings. The van der Waals surface area contributed by atoms with Gasteiger partial charge in [-0.3, -0.25) is 28.8 Å². The van der Waals surface area contributed by atoms with Crippen molar-refractivity contribution < 1.29 is 49.2 Å². The van der Waals surface area contributed by atoms with Crippen LogP contribution in [-0.4, -0.2) is 62.0 Å². The number of rotatable bonds is 20. The molecule has 0 spiro atoms. The quantitative estimate of drug-likeness (QED) is 0.152. The van der Waals surface area contributed by atoms with Crippen molar-refractivity contribution in [3.8, 4) is 0 Å². The molecule has 1 aliphatic rings. The van der Waals surface area contributed by atoms with E-state index in [-0.39, 0.29) is 56.8 Å². The van der Waals surface area contributed by atoms with Crippen molar-refractivity contribution in [1.29, 1.82) is 0 Å². The van der Waals surface area contributed by atoms with Crippen LogP contribution in [0.1, 0.15) is 91.4 Å². The Bertz CT molecular complexity index is 853. The van der Waals surface area contributed by atoms with Crippen molar-refractivity contribution >= 4 is 35.6 Å². The maximum absolute atomic E-state index is 13.1. The van der Waals surface area contributed by atoms with Crippen LogP contribution in [0.2, 0.25) is 0 Å². The Labute approximate surface area is 223 Å². The molecule has 1 aliphatic carbocycles. The molecule has 11 nitrogen and oxygen atoms in total. The van der Waals surface area contributed by atoms with Gasteiger partial charge in [0, 0.05) is 12.0 Å². The molecular weight excluding hydrogens is 498 g/mol. The number of amides is 1. The summed E-state index contributed by atoms with van der Waals surface area (Å²) in [6.45, 7) is 4.60. The van der Waals surface area contributed by atoms with Crippen LogP contribution in [-0.2, 0) is 28.8 Å². The lowest BCUT2D eigenvalue weighted by Gasteiger charge is -2.31. The topological polar surface area (TPSA) is 195 Å². The van der Waals surface area contributed by atoms with Gasteiger partial charge in [-0.25, -0.2) is 0 Å². The average molecular weight is 542 g/mol. The first kappa shape index (κ1) is 33.0. The van der Waals surface area contributed by atoms with Crippen molar-refractivity contribution in [2.24, 2.45) is 35.5 Å². The number of Topliss-reactive ketones (excluding diaryl/α,β-unsaturated/α-hetero) is 1. The molecule has 1 saturated carbocycles. The van der Waals surface area contributed by atoms with Gasteiger partial charge in [0.1, 0.15) is 5.78 Å². The van der Waals surface area contributed by atoms with Crippen molar-refractivity contribution in [2.45, 2.75) is 97.4 Å². The molecule has 1 rings (SSSR count). The van der Waals surface area contributed by atoms with Gasteiger partial charge in [0.2, 0.25) is 5.91 Å². The monoisotopic (exact) mass is 541 g/mol.